The van der Waals surface area contributed by atoms with E-state index in [4.69, 9.17) is 16.3 Å². The highest BCUT2D eigenvalue weighted by Gasteiger charge is 2.09. The number of halogens is 2. The van der Waals surface area contributed by atoms with Gasteiger partial charge in [0.15, 0.2) is 0 Å². The average molecular weight is 502 g/mol. The van der Waals surface area contributed by atoms with Crippen molar-refractivity contribution < 1.29 is 9.13 Å². The molecule has 180 valence electrons. The predicted molar refractivity (Wildman–Crippen MR) is 144 cm³/mol. The summed E-state index contributed by atoms with van der Waals surface area (Å²) >= 11 is 6.98. The largest absolute Gasteiger partial charge is 0.481 e. The molecule has 0 unspecified atom stereocenters. The Labute approximate surface area is 209 Å². The summed E-state index contributed by atoms with van der Waals surface area (Å²) in [6.07, 6.45) is 5.22. The van der Waals surface area contributed by atoms with Gasteiger partial charge in [0, 0.05) is 60.2 Å². The Morgan fingerprint density at radius 2 is 1.79 bits per heavy atom. The molecule has 3 heterocycles. The molecule has 3 aromatic heterocycles. The molecule has 9 heteroatoms. The van der Waals surface area contributed by atoms with Crippen LogP contribution in [0.3, 0.4) is 0 Å². The zero-order chi connectivity index (χ0) is 25.1. The van der Waals surface area contributed by atoms with E-state index in [1.807, 2.05) is 52.3 Å². The number of methoxy groups -OCH3 is 1. The molecule has 4 aromatic rings. The highest BCUT2D eigenvalue weighted by Crippen LogP contribution is 2.30. The molecule has 2 N–H and O–H groups in total. The second kappa shape index (κ2) is 13.6. The van der Waals surface area contributed by atoms with Crippen LogP contribution in [-0.2, 0) is 0 Å². The fourth-order valence-electron chi connectivity index (χ4n) is 3.00. The number of pyridine rings is 3. The maximum absolute atomic E-state index is 13.9. The molecule has 0 aliphatic rings. The molecule has 0 atom stereocenters. The Balaban J connectivity index is 0.000000311. The molecule has 0 spiro atoms. The third kappa shape index (κ3) is 7.46. The molecule has 0 saturated carbocycles. The number of fused-ring (bicyclic) bond motifs is 1. The second-order valence-corrected chi connectivity index (χ2v) is 7.74. The molecule has 0 fully saturated rings. The molecule has 0 aliphatic carbocycles. The van der Waals surface area contributed by atoms with Crippen molar-refractivity contribution in [2.24, 2.45) is 0 Å². The molecular weight excluding hydrogens is 473 g/mol. The first kappa shape index (κ1) is 27.1. The number of aromatic nitrogens is 3. The molecule has 34 heavy (non-hydrogen) atoms. The van der Waals surface area contributed by atoms with Crippen molar-refractivity contribution in [3.8, 4) is 17.0 Å². The van der Waals surface area contributed by atoms with Gasteiger partial charge < -0.3 is 14.8 Å². The summed E-state index contributed by atoms with van der Waals surface area (Å²) in [5.41, 5.74) is 4.15. The van der Waals surface area contributed by atoms with Crippen LogP contribution in [-0.4, -0.2) is 35.4 Å². The van der Waals surface area contributed by atoms with Crippen LogP contribution in [0.2, 0.25) is 5.02 Å². The van der Waals surface area contributed by atoms with Crippen LogP contribution in [0.4, 0.5) is 15.9 Å². The zero-order valence-electron chi connectivity index (χ0n) is 20.1. The number of rotatable bonds is 5. The van der Waals surface area contributed by atoms with Crippen molar-refractivity contribution in [1.29, 1.82) is 0 Å². The van der Waals surface area contributed by atoms with Gasteiger partial charge in [-0.15, -0.1) is 0 Å². The lowest BCUT2D eigenvalue weighted by molar-refractivity contribution is 0.398. The van der Waals surface area contributed by atoms with Gasteiger partial charge in [-0.3, -0.25) is 4.98 Å². The van der Waals surface area contributed by atoms with E-state index < -0.39 is 0 Å². The smallest absolute Gasteiger partial charge is 0.212 e. The van der Waals surface area contributed by atoms with Crippen LogP contribution in [0.1, 0.15) is 19.5 Å². The Kier molecular flexibility index (Phi) is 10.8. The fourth-order valence-corrected chi connectivity index (χ4v) is 3.46. The number of aryl methyl sites for hydroxylation is 1. The lowest BCUT2D eigenvalue weighted by atomic mass is 10.0. The quantitative estimate of drug-likeness (QED) is 0.279. The number of hydrogen-bond acceptors (Lipinski definition) is 7. The fraction of sp³-hybridized carbons (Fsp3) is 0.240. The minimum absolute atomic E-state index is 0.276. The minimum Gasteiger partial charge on any atom is -0.481 e. The van der Waals surface area contributed by atoms with Crippen LogP contribution >= 0.6 is 23.5 Å². The molecule has 0 aliphatic heterocycles. The second-order valence-electron chi connectivity index (χ2n) is 6.69. The van der Waals surface area contributed by atoms with Crippen LogP contribution in [0.15, 0.2) is 54.9 Å². The topological polar surface area (TPSA) is 72.0 Å². The highest BCUT2D eigenvalue weighted by molar-refractivity contribution is 7.99. The van der Waals surface area contributed by atoms with Crippen molar-refractivity contribution >= 4 is 46.0 Å². The first-order chi connectivity index (χ1) is 16.4. The van der Waals surface area contributed by atoms with Gasteiger partial charge >= 0.3 is 0 Å². The lowest BCUT2D eigenvalue weighted by Crippen LogP contribution is -1.95. The van der Waals surface area contributed by atoms with Crippen LogP contribution in [0.25, 0.3) is 22.0 Å². The first-order valence-corrected chi connectivity index (χ1v) is 12.2. The van der Waals surface area contributed by atoms with E-state index in [9.17, 15) is 4.39 Å². The molecular formula is C25H29ClFN5OS. The number of benzene rings is 1. The molecule has 0 saturated heterocycles. The third-order valence-corrected chi connectivity index (χ3v) is 5.15. The summed E-state index contributed by atoms with van der Waals surface area (Å²) in [7, 11) is 3.39. The minimum atomic E-state index is -0.276. The van der Waals surface area contributed by atoms with E-state index in [0.717, 1.165) is 39.2 Å². The lowest BCUT2D eigenvalue weighted by Gasteiger charge is -2.11. The van der Waals surface area contributed by atoms with E-state index in [2.05, 4.69) is 25.0 Å². The molecule has 4 rings (SSSR count). The van der Waals surface area contributed by atoms with Crippen LogP contribution in [0.5, 0.6) is 5.88 Å². The van der Waals surface area contributed by atoms with Crippen molar-refractivity contribution in [2.45, 2.75) is 20.8 Å². The average Bonchev–Trinajstić information content (AvgIpc) is 2.85. The number of nitrogens with zero attached hydrogens (tertiary/aromatic N) is 3. The molecule has 0 bridgehead atoms. The number of hydrogen-bond donors (Lipinski definition) is 2. The van der Waals surface area contributed by atoms with Crippen molar-refractivity contribution in [1.82, 2.24) is 15.0 Å². The maximum atomic E-state index is 13.9. The Morgan fingerprint density at radius 1 is 1.03 bits per heavy atom. The van der Waals surface area contributed by atoms with E-state index in [1.54, 1.807) is 31.6 Å². The summed E-state index contributed by atoms with van der Waals surface area (Å²) in [4.78, 5) is 12.8. The number of ether oxygens (including phenoxy) is 1. The van der Waals surface area contributed by atoms with E-state index in [1.165, 1.54) is 24.1 Å². The van der Waals surface area contributed by atoms with Gasteiger partial charge in [0.2, 0.25) is 5.88 Å². The number of nitrogens with one attached hydrogen (secondary N) is 2. The standard InChI is InChI=1S/C17H17FN4S.C6H6ClNO.C2H6/c1-10-15(11-4-13(18)7-14(5-11)22-23-3)6-12-9-20-17(19-2)8-16(12)21-10;1-9-6-3-2-5(7)4-8-6;1-2/h4-9,22H,1-3H3,(H,19,20);2-4H,1H3;1-2H3. The van der Waals surface area contributed by atoms with Gasteiger partial charge in [-0.25, -0.2) is 14.4 Å². The van der Waals surface area contributed by atoms with Crippen molar-refractivity contribution in [3.05, 3.63) is 71.4 Å². The molecule has 0 amide bonds. The van der Waals surface area contributed by atoms with E-state index in [-0.39, 0.29) is 5.82 Å². The van der Waals surface area contributed by atoms with Crippen molar-refractivity contribution in [3.63, 3.8) is 0 Å². The highest BCUT2D eigenvalue weighted by atomic mass is 35.5. The van der Waals surface area contributed by atoms with Gasteiger partial charge in [-0.2, -0.15) is 0 Å². The third-order valence-electron chi connectivity index (χ3n) is 4.48. The molecule has 0 radical (unpaired) electrons. The van der Waals surface area contributed by atoms with Gasteiger partial charge in [0.1, 0.15) is 11.6 Å². The predicted octanol–water partition coefficient (Wildman–Crippen LogP) is 7.25. The van der Waals surface area contributed by atoms with Crippen molar-refractivity contribution in [2.75, 3.05) is 30.5 Å². The Morgan fingerprint density at radius 3 is 2.41 bits per heavy atom. The summed E-state index contributed by atoms with van der Waals surface area (Å²) in [6.45, 7) is 5.93. The normalized spacial score (nSPS) is 9.88. The van der Waals surface area contributed by atoms with Crippen LogP contribution in [0, 0.1) is 12.7 Å². The van der Waals surface area contributed by atoms with Gasteiger partial charge in [0.25, 0.3) is 0 Å². The zero-order valence-corrected chi connectivity index (χ0v) is 21.7. The van der Waals surface area contributed by atoms with E-state index >= 15 is 0 Å². The first-order valence-electron chi connectivity index (χ1n) is 10.6. The monoisotopic (exact) mass is 501 g/mol. The summed E-state index contributed by atoms with van der Waals surface area (Å²) in [5.74, 6) is 1.08. The maximum Gasteiger partial charge on any atom is 0.212 e. The molecule has 6 nitrogen and oxygen atoms in total. The Hall–Kier alpha value is -3.10. The van der Waals surface area contributed by atoms with Crippen LogP contribution < -0.4 is 14.8 Å². The van der Waals surface area contributed by atoms with E-state index in [0.29, 0.717) is 10.9 Å². The Bertz CT molecular complexity index is 1210. The number of anilines is 2. The molecule has 1 aromatic carbocycles. The SMILES string of the molecule is CC.CNc1cc2nc(C)c(-c3cc(F)cc(NSC)c3)cc2cn1.COc1ccc(Cl)cn1. The van der Waals surface area contributed by atoms with Gasteiger partial charge in [-0.1, -0.05) is 37.4 Å². The summed E-state index contributed by atoms with van der Waals surface area (Å²) in [6, 6.07) is 12.3. The van der Waals surface area contributed by atoms with Gasteiger partial charge in [-0.05, 0) is 42.8 Å². The summed E-state index contributed by atoms with van der Waals surface area (Å²) in [5, 5.41) is 4.55. The van der Waals surface area contributed by atoms with Gasteiger partial charge in [0.05, 0.1) is 17.6 Å². The summed E-state index contributed by atoms with van der Waals surface area (Å²) < 4.78 is 21.8.